The van der Waals surface area contributed by atoms with E-state index >= 15 is 0 Å². The number of benzene rings is 1. The van der Waals surface area contributed by atoms with Crippen LogP contribution in [0.1, 0.15) is 75.1 Å². The number of carboxylic acids is 1. The molecule has 6 aliphatic rings. The Hall–Kier alpha value is -2.34. The Morgan fingerprint density at radius 2 is 1.48 bits per heavy atom. The Morgan fingerprint density at radius 3 is 2.00 bits per heavy atom. The summed E-state index contributed by atoms with van der Waals surface area (Å²) in [5.41, 5.74) is -2.14. The van der Waals surface area contributed by atoms with Gasteiger partial charge < -0.3 is 14.6 Å². The highest BCUT2D eigenvalue weighted by molar-refractivity contribution is 7.86. The normalized spacial score (nSPS) is 30.9. The molecule has 1 aromatic rings. The molecule has 6 saturated carbocycles. The second kappa shape index (κ2) is 10.4. The zero-order valence-corrected chi connectivity index (χ0v) is 23.4. The number of carboxylic acid groups (broad SMARTS) is 1. The predicted molar refractivity (Wildman–Crippen MR) is 146 cm³/mol. The molecule has 6 bridgehead atoms. The van der Waals surface area contributed by atoms with E-state index in [9.17, 15) is 36.7 Å². The fraction of sp³-hybridized carbons (Fsp3) is 0.654. The molecular weight excluding hydrogens is 570 g/mol. The van der Waals surface area contributed by atoms with Crippen molar-refractivity contribution < 1.29 is 50.7 Å². The number of rotatable bonds is 11. The molecule has 0 heterocycles. The van der Waals surface area contributed by atoms with Crippen molar-refractivity contribution in [3.8, 4) is 0 Å². The maximum absolute atomic E-state index is 14.0. The third kappa shape index (κ3) is 4.37. The smallest absolute Gasteiger partial charge is 0.402 e. The lowest BCUT2D eigenvalue weighted by molar-refractivity contribution is -0.293. The third-order valence-electron chi connectivity index (χ3n) is 10.1. The fourth-order valence-electron chi connectivity index (χ4n) is 8.58. The Kier molecular flexibility index (Phi) is 7.69. The van der Waals surface area contributed by atoms with Gasteiger partial charge in [-0.25, -0.2) is 9.59 Å². The van der Waals surface area contributed by atoms with Crippen molar-refractivity contribution in [2.24, 2.45) is 29.1 Å². The minimum atomic E-state index is -5.81. The molecule has 6 unspecified atom stereocenters. The van der Waals surface area contributed by atoms with Gasteiger partial charge >= 0.3 is 33.3 Å². The topological polar surface area (TPSA) is 144 Å². The zero-order chi connectivity index (χ0) is 31.0. The van der Waals surface area contributed by atoms with Crippen molar-refractivity contribution in [1.82, 2.24) is 0 Å². The lowest BCUT2D eigenvalue weighted by Crippen LogP contribution is -2.74. The van der Waals surface area contributed by atoms with E-state index in [1.807, 2.05) is 0 Å². The van der Waals surface area contributed by atoms with E-state index in [4.69, 9.17) is 45.4 Å². The van der Waals surface area contributed by atoms with Gasteiger partial charge in [-0.3, -0.25) is 9.35 Å². The summed E-state index contributed by atoms with van der Waals surface area (Å²) >= 11 is 0. The highest BCUT2D eigenvalue weighted by atomic mass is 32.2. The first-order valence-electron chi connectivity index (χ1n) is 13.6. The Balaban J connectivity index is 1.53. The molecule has 0 aliphatic heterocycles. The molecular formula is C26H26B4F2O9S. The van der Waals surface area contributed by atoms with E-state index in [0.717, 1.165) is 6.42 Å². The molecule has 2 N–H and O–H groups in total. The van der Waals surface area contributed by atoms with Crippen LogP contribution in [0, 0.1) is 29.1 Å². The molecule has 0 spiro atoms. The van der Waals surface area contributed by atoms with Crippen LogP contribution in [0.2, 0.25) is 0 Å². The lowest BCUT2D eigenvalue weighted by Gasteiger charge is -2.73. The summed E-state index contributed by atoms with van der Waals surface area (Å²) in [5, 5.41) is 5.46. The number of aromatic carboxylic acids is 1. The Morgan fingerprint density at radius 1 is 0.905 bits per heavy atom. The van der Waals surface area contributed by atoms with Gasteiger partial charge in [0, 0.05) is 12.3 Å². The van der Waals surface area contributed by atoms with E-state index in [-0.39, 0.29) is 78.5 Å². The maximum atomic E-state index is 14.0. The average Bonchev–Trinajstić information content (AvgIpc) is 2.90. The zero-order valence-electron chi connectivity index (χ0n) is 22.6. The number of alkyl halides is 2. The van der Waals surface area contributed by atoms with Crippen molar-refractivity contribution >= 4 is 59.4 Å². The number of esters is 2. The first-order valence-corrected chi connectivity index (χ1v) is 15.0. The SMILES string of the molecule is [B]Cc1c(C[B])c(C[B])c(C(=O)OC23CC4CC5C2CC5C(C(=O)OCC(F)(F)S(=O)(=O)O)(C4)C3)c(C(=O)O)c1C[B]. The molecule has 6 aliphatic carbocycles. The van der Waals surface area contributed by atoms with E-state index in [2.05, 4.69) is 0 Å². The molecule has 42 heavy (non-hydrogen) atoms. The molecule has 16 heteroatoms. The number of halogens is 2. The van der Waals surface area contributed by atoms with Crippen LogP contribution in [-0.2, 0) is 49.7 Å². The lowest BCUT2D eigenvalue weighted by atomic mass is 9.32. The molecule has 7 rings (SSSR count). The van der Waals surface area contributed by atoms with Gasteiger partial charge in [-0.2, -0.15) is 17.2 Å². The maximum Gasteiger partial charge on any atom is 0.402 e. The average molecular weight is 596 g/mol. The van der Waals surface area contributed by atoms with Gasteiger partial charge in [0.25, 0.3) is 0 Å². The van der Waals surface area contributed by atoms with Crippen LogP contribution in [-0.4, -0.2) is 84.8 Å². The highest BCUT2D eigenvalue weighted by Gasteiger charge is 2.76. The van der Waals surface area contributed by atoms with Crippen LogP contribution >= 0.6 is 0 Å². The summed E-state index contributed by atoms with van der Waals surface area (Å²) in [4.78, 5) is 39.9. The van der Waals surface area contributed by atoms with Gasteiger partial charge in [0.1, 0.15) is 5.60 Å². The largest absolute Gasteiger partial charge is 0.478 e. The van der Waals surface area contributed by atoms with Crippen LogP contribution in [0.3, 0.4) is 0 Å². The first kappa shape index (κ1) is 31.1. The van der Waals surface area contributed by atoms with Gasteiger partial charge in [-0.1, -0.05) is 36.4 Å². The summed E-state index contributed by atoms with van der Waals surface area (Å²) in [6.45, 7) is -1.86. The van der Waals surface area contributed by atoms with E-state index in [1.165, 1.54) is 0 Å². The van der Waals surface area contributed by atoms with Crippen molar-refractivity contribution in [1.29, 1.82) is 0 Å². The van der Waals surface area contributed by atoms with Crippen molar-refractivity contribution in [3.63, 3.8) is 0 Å². The predicted octanol–water partition coefficient (Wildman–Crippen LogP) is 1.43. The molecule has 6 fully saturated rings. The van der Waals surface area contributed by atoms with E-state index in [1.54, 1.807) is 0 Å². The number of ether oxygens (including phenoxy) is 2. The number of hydrogen-bond acceptors (Lipinski definition) is 7. The standard InChI is InChI=1S/C26H26B4F2O9S/c27-5-13-14(6-28)16(8-30)20(19(21(33)34)15(13)7-29)22(35)41-25-4-11-1-12-17(2-18(12)25)24(3-11,9-25)23(36)40-10-26(31,32)42(37,38)39/h11-12,17-18H,1-10H2,(H,33,34)(H,37,38,39). The minimum Gasteiger partial charge on any atom is -0.478 e. The number of hydrogen-bond donors (Lipinski definition) is 2. The second-order valence-electron chi connectivity index (χ2n) is 11.9. The number of carbonyl (C=O) groups excluding carboxylic acids is 2. The van der Waals surface area contributed by atoms with Gasteiger partial charge in [0.05, 0.1) is 47.9 Å². The Labute approximate surface area is 247 Å². The summed E-state index contributed by atoms with van der Waals surface area (Å²) < 4.78 is 69.7. The Bertz CT molecular complexity index is 1470. The van der Waals surface area contributed by atoms with Crippen molar-refractivity contribution in [2.45, 2.75) is 68.2 Å². The van der Waals surface area contributed by atoms with Gasteiger partial charge in [0.15, 0.2) is 6.61 Å². The molecule has 8 radical (unpaired) electrons. The summed E-state index contributed by atoms with van der Waals surface area (Å²) in [6.07, 6.45) is 1.07. The molecule has 0 saturated heterocycles. The first-order chi connectivity index (χ1) is 19.6. The second-order valence-corrected chi connectivity index (χ2v) is 13.4. The van der Waals surface area contributed by atoms with Gasteiger partial charge in [0.2, 0.25) is 0 Å². The molecule has 0 amide bonds. The minimum absolute atomic E-state index is 0.0565. The fourth-order valence-corrected chi connectivity index (χ4v) is 8.79. The third-order valence-corrected chi connectivity index (χ3v) is 10.9. The molecule has 216 valence electrons. The van der Waals surface area contributed by atoms with Crippen molar-refractivity contribution in [3.05, 3.63) is 33.4 Å². The quantitative estimate of drug-likeness (QED) is 0.221. The highest BCUT2D eigenvalue weighted by Crippen LogP contribution is 2.75. The van der Waals surface area contributed by atoms with Gasteiger partial charge in [-0.15, -0.1) is 0 Å². The van der Waals surface area contributed by atoms with Crippen LogP contribution in [0.5, 0.6) is 0 Å². The molecule has 1 aromatic carbocycles. The van der Waals surface area contributed by atoms with Crippen LogP contribution in [0.4, 0.5) is 8.78 Å². The summed E-state index contributed by atoms with van der Waals surface area (Å²) in [5.74, 6) is -4.03. The van der Waals surface area contributed by atoms with Gasteiger partial charge in [-0.05, 0) is 54.6 Å². The molecule has 6 atom stereocenters. The monoisotopic (exact) mass is 596 g/mol. The molecule has 0 aromatic heterocycles. The molecule has 9 nitrogen and oxygen atoms in total. The van der Waals surface area contributed by atoms with E-state index in [0.29, 0.717) is 24.0 Å². The van der Waals surface area contributed by atoms with Crippen LogP contribution < -0.4 is 0 Å². The van der Waals surface area contributed by atoms with E-state index < -0.39 is 56.5 Å². The summed E-state index contributed by atoms with van der Waals surface area (Å²) in [6, 6.07) is 0. The number of carbonyl (C=O) groups is 3. The van der Waals surface area contributed by atoms with Crippen LogP contribution in [0.15, 0.2) is 0 Å². The summed E-state index contributed by atoms with van der Waals surface area (Å²) in [7, 11) is 17.9. The van der Waals surface area contributed by atoms with Crippen LogP contribution in [0.25, 0.3) is 0 Å². The van der Waals surface area contributed by atoms with Crippen molar-refractivity contribution in [2.75, 3.05) is 6.61 Å².